The van der Waals surface area contributed by atoms with Gasteiger partial charge in [0.25, 0.3) is 5.91 Å². The Balaban J connectivity index is 2.38. The summed E-state index contributed by atoms with van der Waals surface area (Å²) in [6.45, 7) is 2.82. The molecule has 1 amide bonds. The second kappa shape index (κ2) is 5.81. The van der Waals surface area contributed by atoms with Crippen LogP contribution in [0, 0.1) is 0 Å². The number of nitrogens with zero attached hydrogens (tertiary/aromatic N) is 3. The van der Waals surface area contributed by atoms with Gasteiger partial charge in [-0.25, -0.2) is 9.80 Å². The molecule has 0 aliphatic carbocycles. The van der Waals surface area contributed by atoms with E-state index < -0.39 is 11.9 Å². The fraction of sp³-hybridized carbons (Fsp3) is 0.167. The highest BCUT2D eigenvalue weighted by molar-refractivity contribution is 6.30. The van der Waals surface area contributed by atoms with E-state index in [1.807, 2.05) is 0 Å². The fourth-order valence-corrected chi connectivity index (χ4v) is 1.67. The summed E-state index contributed by atoms with van der Waals surface area (Å²) in [6.07, 6.45) is 0. The van der Waals surface area contributed by atoms with Crippen molar-refractivity contribution in [2.45, 2.75) is 13.8 Å². The Morgan fingerprint density at radius 1 is 1.25 bits per heavy atom. The molecular formula is C12H11ClN4O3. The van der Waals surface area contributed by atoms with Crippen molar-refractivity contribution in [1.29, 1.82) is 0 Å². The Morgan fingerprint density at radius 3 is 2.50 bits per heavy atom. The molecule has 1 aliphatic heterocycles. The molecule has 1 aromatic rings. The van der Waals surface area contributed by atoms with Crippen LogP contribution in [-0.2, 0) is 14.4 Å². The van der Waals surface area contributed by atoms with Crippen LogP contribution in [0.3, 0.4) is 0 Å². The number of rotatable bonds is 2. The molecule has 8 heteroatoms. The quantitative estimate of drug-likeness (QED) is 0.668. The van der Waals surface area contributed by atoms with Gasteiger partial charge in [0.15, 0.2) is 5.70 Å². The third-order valence-electron chi connectivity index (χ3n) is 2.41. The highest BCUT2D eigenvalue weighted by Gasteiger charge is 2.31. The molecule has 0 atom stereocenters. The van der Waals surface area contributed by atoms with Gasteiger partial charge in [0, 0.05) is 11.9 Å². The lowest BCUT2D eigenvalue weighted by atomic mass is 10.2. The minimum atomic E-state index is -0.611. The smallest absolute Gasteiger partial charge is 0.345 e. The normalized spacial score (nSPS) is 17.6. The molecule has 0 aromatic heterocycles. The van der Waals surface area contributed by atoms with Gasteiger partial charge >= 0.3 is 5.97 Å². The Kier molecular flexibility index (Phi) is 4.11. The molecule has 0 radical (unpaired) electrons. The van der Waals surface area contributed by atoms with Crippen LogP contribution in [0.25, 0.3) is 0 Å². The molecule has 0 bridgehead atoms. The molecule has 1 fully saturated rings. The summed E-state index contributed by atoms with van der Waals surface area (Å²) < 4.78 is 0. The molecule has 104 valence electrons. The largest absolute Gasteiger partial charge is 0.378 e. The average Bonchev–Trinajstić information content (AvgIpc) is 2.79. The third-order valence-corrected chi connectivity index (χ3v) is 2.67. The molecule has 0 unspecified atom stereocenters. The molecular weight excluding hydrogens is 284 g/mol. The first-order valence-corrected chi connectivity index (χ1v) is 6.02. The molecule has 2 rings (SSSR count). The number of hydrazine groups is 1. The number of amides is 1. The van der Waals surface area contributed by atoms with Crippen molar-refractivity contribution >= 4 is 29.2 Å². The minimum Gasteiger partial charge on any atom is -0.345 e. The van der Waals surface area contributed by atoms with E-state index in [2.05, 4.69) is 15.8 Å². The van der Waals surface area contributed by atoms with Crippen LogP contribution in [0.5, 0.6) is 0 Å². The maximum Gasteiger partial charge on any atom is 0.378 e. The van der Waals surface area contributed by atoms with Crippen molar-refractivity contribution in [1.82, 2.24) is 5.59 Å². The van der Waals surface area contributed by atoms with Gasteiger partial charge < -0.3 is 4.84 Å². The van der Waals surface area contributed by atoms with Gasteiger partial charge in [-0.2, -0.15) is 0 Å². The second-order valence-corrected chi connectivity index (χ2v) is 4.38. The number of carbonyl (C=O) groups is 2. The summed E-state index contributed by atoms with van der Waals surface area (Å²) in [5.41, 5.74) is 3.49. The van der Waals surface area contributed by atoms with Crippen molar-refractivity contribution < 1.29 is 14.4 Å². The van der Waals surface area contributed by atoms with E-state index in [0.717, 1.165) is 0 Å². The molecule has 1 heterocycles. The number of allylic oxidation sites excluding steroid dienone is 1. The lowest BCUT2D eigenvalue weighted by Gasteiger charge is -2.15. The summed E-state index contributed by atoms with van der Waals surface area (Å²) in [7, 11) is 0. The molecule has 7 nitrogen and oxygen atoms in total. The first kappa shape index (κ1) is 14.2. The van der Waals surface area contributed by atoms with E-state index in [0.29, 0.717) is 10.7 Å². The van der Waals surface area contributed by atoms with Crippen LogP contribution in [0.15, 0.2) is 45.9 Å². The van der Waals surface area contributed by atoms with E-state index in [1.54, 1.807) is 31.2 Å². The molecule has 0 spiro atoms. The van der Waals surface area contributed by atoms with Gasteiger partial charge in [-0.3, -0.25) is 4.79 Å². The van der Waals surface area contributed by atoms with Crippen LogP contribution in [-0.4, -0.2) is 11.9 Å². The van der Waals surface area contributed by atoms with Gasteiger partial charge in [-0.1, -0.05) is 17.2 Å². The number of hydrogen-bond acceptors (Lipinski definition) is 6. The van der Waals surface area contributed by atoms with E-state index in [-0.39, 0.29) is 11.4 Å². The lowest BCUT2D eigenvalue weighted by molar-refractivity contribution is -0.140. The van der Waals surface area contributed by atoms with Gasteiger partial charge in [-0.05, 0) is 31.2 Å². The van der Waals surface area contributed by atoms with Crippen molar-refractivity contribution in [3.8, 4) is 0 Å². The zero-order valence-electron chi connectivity index (χ0n) is 10.8. The maximum absolute atomic E-state index is 11.7. The summed E-state index contributed by atoms with van der Waals surface area (Å²) in [5.74, 6) is -1.07. The number of nitrogens with one attached hydrogen (secondary N) is 1. The molecule has 1 N–H and O–H groups in total. The van der Waals surface area contributed by atoms with Gasteiger partial charge in [0.05, 0.1) is 11.4 Å². The fourth-order valence-electron chi connectivity index (χ4n) is 1.55. The number of benzene rings is 1. The van der Waals surface area contributed by atoms with Crippen molar-refractivity contribution in [3.63, 3.8) is 0 Å². The van der Waals surface area contributed by atoms with Crippen LogP contribution >= 0.6 is 11.6 Å². The highest BCUT2D eigenvalue weighted by atomic mass is 35.5. The molecule has 20 heavy (non-hydrogen) atoms. The number of hydrogen-bond donors (Lipinski definition) is 1. The zero-order valence-corrected chi connectivity index (χ0v) is 11.5. The van der Waals surface area contributed by atoms with E-state index in [4.69, 9.17) is 16.4 Å². The van der Waals surface area contributed by atoms with E-state index in [1.165, 1.54) is 11.9 Å². The van der Waals surface area contributed by atoms with E-state index >= 15 is 0 Å². The molecule has 0 saturated carbocycles. The molecule has 1 aromatic carbocycles. The summed E-state index contributed by atoms with van der Waals surface area (Å²) in [4.78, 5) is 27.3. The van der Waals surface area contributed by atoms with Crippen LogP contribution in [0.2, 0.25) is 5.02 Å². The van der Waals surface area contributed by atoms with E-state index in [9.17, 15) is 9.59 Å². The minimum absolute atomic E-state index is 0.150. The Labute approximate surface area is 119 Å². The number of halogens is 1. The molecule has 1 saturated heterocycles. The SMILES string of the molecule is CC(=O)N=N/C(C)=C1\C(=O)ONN1c1ccc(Cl)cc1. The molecule has 1 aliphatic rings. The van der Waals surface area contributed by atoms with Gasteiger partial charge in [0.2, 0.25) is 0 Å². The van der Waals surface area contributed by atoms with Crippen LogP contribution in [0.4, 0.5) is 5.69 Å². The first-order valence-electron chi connectivity index (χ1n) is 5.64. The van der Waals surface area contributed by atoms with Gasteiger partial charge in [0.1, 0.15) is 0 Å². The van der Waals surface area contributed by atoms with Crippen molar-refractivity contribution in [2.24, 2.45) is 10.2 Å². The Bertz CT molecular complexity index is 610. The Morgan fingerprint density at radius 2 is 1.90 bits per heavy atom. The monoisotopic (exact) mass is 294 g/mol. The van der Waals surface area contributed by atoms with Crippen molar-refractivity contribution in [2.75, 3.05) is 5.01 Å². The van der Waals surface area contributed by atoms with Crippen LogP contribution in [0.1, 0.15) is 13.8 Å². The number of azo groups is 1. The number of anilines is 1. The standard InChI is InChI=1S/C12H11ClN4O3/c1-7(14-15-8(2)18)11-12(19)20-16-17(11)10-5-3-9(13)4-6-10/h3-6,16H,1-2H3/b11-7+,15-14?. The first-order chi connectivity index (χ1) is 9.49. The third kappa shape index (κ3) is 3.01. The topological polar surface area (TPSA) is 83.4 Å². The van der Waals surface area contributed by atoms with Crippen molar-refractivity contribution in [3.05, 3.63) is 40.7 Å². The summed E-state index contributed by atoms with van der Waals surface area (Å²) in [5, 5.41) is 9.05. The highest BCUT2D eigenvalue weighted by Crippen LogP contribution is 2.25. The average molecular weight is 295 g/mol. The predicted molar refractivity (Wildman–Crippen MR) is 71.4 cm³/mol. The Hall–Kier alpha value is -2.25. The maximum atomic E-state index is 11.7. The second-order valence-electron chi connectivity index (χ2n) is 3.95. The number of carbonyl (C=O) groups excluding carboxylic acids is 2. The zero-order chi connectivity index (χ0) is 14.7. The lowest BCUT2D eigenvalue weighted by Crippen LogP contribution is -2.29. The van der Waals surface area contributed by atoms with Gasteiger partial charge in [-0.15, -0.1) is 10.2 Å². The summed E-state index contributed by atoms with van der Waals surface area (Å²) >= 11 is 5.81. The summed E-state index contributed by atoms with van der Waals surface area (Å²) in [6, 6.07) is 6.75. The van der Waals surface area contributed by atoms with Crippen LogP contribution < -0.4 is 10.6 Å². The predicted octanol–water partition coefficient (Wildman–Crippen LogP) is 2.35.